The van der Waals surface area contributed by atoms with Crippen molar-refractivity contribution in [1.29, 1.82) is 0 Å². The summed E-state index contributed by atoms with van der Waals surface area (Å²) in [7, 11) is -3.22. The number of hydrogen-bond acceptors (Lipinski definition) is 4. The first-order valence-electron chi connectivity index (χ1n) is 6.47. The van der Waals surface area contributed by atoms with Crippen LogP contribution in [0.2, 0.25) is 0 Å². The fourth-order valence-corrected chi connectivity index (χ4v) is 2.89. The van der Waals surface area contributed by atoms with Gasteiger partial charge in [-0.2, -0.15) is 0 Å². The third-order valence-corrected chi connectivity index (χ3v) is 4.39. The van der Waals surface area contributed by atoms with Crippen molar-refractivity contribution in [2.45, 2.75) is 50.5 Å². The molecule has 19 heavy (non-hydrogen) atoms. The lowest BCUT2D eigenvalue weighted by atomic mass is 9.90. The summed E-state index contributed by atoms with van der Waals surface area (Å²) < 4.78 is 22.0. The Kier molecular flexibility index (Phi) is 5.34. The van der Waals surface area contributed by atoms with E-state index < -0.39 is 27.3 Å². The highest BCUT2D eigenvalue weighted by molar-refractivity contribution is 7.90. The first kappa shape index (κ1) is 15.9. The second-order valence-electron chi connectivity index (χ2n) is 5.23. The molecule has 1 aliphatic carbocycles. The molecule has 1 fully saturated rings. The lowest BCUT2D eigenvalue weighted by Crippen LogP contribution is -2.54. The van der Waals surface area contributed by atoms with Gasteiger partial charge in [-0.05, 0) is 12.8 Å². The largest absolute Gasteiger partial charge is 0.480 e. The Morgan fingerprint density at radius 1 is 1.16 bits per heavy atom. The molecule has 0 aliphatic heterocycles. The van der Waals surface area contributed by atoms with E-state index in [1.54, 1.807) is 0 Å². The van der Waals surface area contributed by atoms with Crippen molar-refractivity contribution >= 4 is 21.7 Å². The molecule has 1 aliphatic rings. The number of carboxylic acids is 1. The molecule has 0 aromatic rings. The van der Waals surface area contributed by atoms with Gasteiger partial charge in [0.15, 0.2) is 0 Å². The number of hydrogen-bond donors (Lipinski definition) is 2. The molecule has 0 spiro atoms. The summed E-state index contributed by atoms with van der Waals surface area (Å²) in [6.07, 6.45) is 5.15. The lowest BCUT2D eigenvalue weighted by Gasteiger charge is -2.29. The van der Waals surface area contributed by atoms with Crippen molar-refractivity contribution in [3.8, 4) is 0 Å². The van der Waals surface area contributed by atoms with Crippen LogP contribution in [0.4, 0.5) is 0 Å². The number of sulfone groups is 1. The van der Waals surface area contributed by atoms with E-state index in [0.717, 1.165) is 31.9 Å². The topological polar surface area (TPSA) is 101 Å². The highest BCUT2D eigenvalue weighted by Gasteiger charge is 2.39. The van der Waals surface area contributed by atoms with Crippen molar-refractivity contribution in [2.75, 3.05) is 12.0 Å². The summed E-state index contributed by atoms with van der Waals surface area (Å²) in [5.41, 5.74) is -1.22. The van der Waals surface area contributed by atoms with Gasteiger partial charge in [0, 0.05) is 12.7 Å². The summed E-state index contributed by atoms with van der Waals surface area (Å²) in [5, 5.41) is 11.9. The molecule has 0 atom stereocenters. The second kappa shape index (κ2) is 6.36. The molecule has 0 aromatic heterocycles. The van der Waals surface area contributed by atoms with Crippen molar-refractivity contribution in [1.82, 2.24) is 5.32 Å². The van der Waals surface area contributed by atoms with E-state index in [9.17, 15) is 23.1 Å². The number of carbonyl (C=O) groups excluding carboxylic acids is 1. The van der Waals surface area contributed by atoms with Gasteiger partial charge < -0.3 is 10.4 Å². The van der Waals surface area contributed by atoms with Crippen LogP contribution in [0.25, 0.3) is 0 Å². The molecule has 0 heterocycles. The van der Waals surface area contributed by atoms with E-state index in [4.69, 9.17) is 0 Å². The summed E-state index contributed by atoms with van der Waals surface area (Å²) in [6, 6.07) is 0. The Bertz CT molecular complexity index is 435. The van der Waals surface area contributed by atoms with E-state index in [1.807, 2.05) is 0 Å². The molecule has 110 valence electrons. The average molecular weight is 291 g/mol. The van der Waals surface area contributed by atoms with Gasteiger partial charge in [-0.3, -0.25) is 4.79 Å². The number of nitrogens with one attached hydrogen (secondary N) is 1. The van der Waals surface area contributed by atoms with Crippen molar-refractivity contribution in [3.05, 3.63) is 0 Å². The van der Waals surface area contributed by atoms with Gasteiger partial charge in [0.1, 0.15) is 15.4 Å². The fourth-order valence-electron chi connectivity index (χ4n) is 2.33. The average Bonchev–Trinajstić information content (AvgIpc) is 2.52. The normalized spacial score (nSPS) is 19.4. The second-order valence-corrected chi connectivity index (χ2v) is 7.49. The van der Waals surface area contributed by atoms with E-state index in [0.29, 0.717) is 12.8 Å². The van der Waals surface area contributed by atoms with Crippen LogP contribution in [0, 0.1) is 0 Å². The van der Waals surface area contributed by atoms with Crippen LogP contribution in [0.1, 0.15) is 44.9 Å². The summed E-state index contributed by atoms with van der Waals surface area (Å²) >= 11 is 0. The van der Waals surface area contributed by atoms with Gasteiger partial charge in [-0.1, -0.05) is 25.7 Å². The predicted molar refractivity (Wildman–Crippen MR) is 70.5 cm³/mol. The Labute approximate surface area is 113 Å². The van der Waals surface area contributed by atoms with Gasteiger partial charge in [-0.15, -0.1) is 0 Å². The zero-order chi connectivity index (χ0) is 14.5. The van der Waals surface area contributed by atoms with Crippen molar-refractivity contribution in [3.63, 3.8) is 0 Å². The quantitative estimate of drug-likeness (QED) is 0.727. The van der Waals surface area contributed by atoms with E-state index in [-0.39, 0.29) is 12.2 Å². The van der Waals surface area contributed by atoms with Crippen LogP contribution >= 0.6 is 0 Å². The van der Waals surface area contributed by atoms with Gasteiger partial charge >= 0.3 is 5.97 Å². The molecule has 0 radical (unpaired) electrons. The Morgan fingerprint density at radius 3 is 2.11 bits per heavy atom. The molecule has 0 saturated heterocycles. The molecule has 0 aromatic carbocycles. The minimum Gasteiger partial charge on any atom is -0.480 e. The number of aliphatic carboxylic acids is 1. The number of carboxylic acid groups (broad SMARTS) is 1. The van der Waals surface area contributed by atoms with E-state index in [2.05, 4.69) is 5.32 Å². The molecule has 2 N–H and O–H groups in total. The molecule has 6 nitrogen and oxygen atoms in total. The van der Waals surface area contributed by atoms with Crippen LogP contribution in [0.15, 0.2) is 0 Å². The monoisotopic (exact) mass is 291 g/mol. The number of carbonyl (C=O) groups is 2. The maximum Gasteiger partial charge on any atom is 0.329 e. The van der Waals surface area contributed by atoms with Gasteiger partial charge in [-0.25, -0.2) is 13.2 Å². The highest BCUT2D eigenvalue weighted by atomic mass is 32.2. The third-order valence-electron chi connectivity index (χ3n) is 3.45. The standard InChI is InChI=1S/C12H21NO5S/c1-19(17,18)9-6-10(14)13-12(11(15)16)7-4-2-3-5-8-12/h2-9H2,1H3,(H,13,14)(H,15,16). The van der Waals surface area contributed by atoms with Crippen LogP contribution in [-0.2, 0) is 19.4 Å². The first-order valence-corrected chi connectivity index (χ1v) is 8.53. The Morgan fingerprint density at radius 2 is 1.68 bits per heavy atom. The number of rotatable bonds is 5. The molecule has 0 unspecified atom stereocenters. The predicted octanol–water partition coefficient (Wildman–Crippen LogP) is 0.715. The maximum absolute atomic E-state index is 11.7. The molecular weight excluding hydrogens is 270 g/mol. The lowest BCUT2D eigenvalue weighted by molar-refractivity contribution is -0.148. The minimum atomic E-state index is -3.22. The fraction of sp³-hybridized carbons (Fsp3) is 0.833. The molecule has 1 rings (SSSR count). The summed E-state index contributed by atoms with van der Waals surface area (Å²) in [5.74, 6) is -1.79. The third kappa shape index (κ3) is 5.18. The van der Waals surface area contributed by atoms with Crippen LogP contribution in [0.3, 0.4) is 0 Å². The number of amides is 1. The molecule has 7 heteroatoms. The summed E-state index contributed by atoms with van der Waals surface area (Å²) in [6.45, 7) is 0. The van der Waals surface area contributed by atoms with Crippen LogP contribution in [0.5, 0.6) is 0 Å². The van der Waals surface area contributed by atoms with Gasteiger partial charge in [0.25, 0.3) is 0 Å². The minimum absolute atomic E-state index is 0.187. The Balaban J connectivity index is 2.67. The van der Waals surface area contributed by atoms with E-state index in [1.165, 1.54) is 0 Å². The maximum atomic E-state index is 11.7. The van der Waals surface area contributed by atoms with E-state index >= 15 is 0 Å². The van der Waals surface area contributed by atoms with Crippen molar-refractivity contribution in [2.24, 2.45) is 0 Å². The summed E-state index contributed by atoms with van der Waals surface area (Å²) in [4.78, 5) is 23.2. The Hall–Kier alpha value is -1.11. The molecule has 1 saturated carbocycles. The van der Waals surface area contributed by atoms with Crippen molar-refractivity contribution < 1.29 is 23.1 Å². The zero-order valence-corrected chi connectivity index (χ0v) is 12.0. The molecular formula is C12H21NO5S. The van der Waals surface area contributed by atoms with Crippen LogP contribution < -0.4 is 5.32 Å². The smallest absolute Gasteiger partial charge is 0.329 e. The highest BCUT2D eigenvalue weighted by Crippen LogP contribution is 2.27. The van der Waals surface area contributed by atoms with Gasteiger partial charge in [0.05, 0.1) is 5.75 Å². The SMILES string of the molecule is CS(=O)(=O)CCC(=O)NC1(C(=O)O)CCCCCC1. The first-order chi connectivity index (χ1) is 8.75. The zero-order valence-electron chi connectivity index (χ0n) is 11.1. The molecule has 0 bridgehead atoms. The molecule has 1 amide bonds. The van der Waals surface area contributed by atoms with Crippen LogP contribution in [-0.4, -0.2) is 42.9 Å². The van der Waals surface area contributed by atoms with Gasteiger partial charge in [0.2, 0.25) is 5.91 Å².